The van der Waals surface area contributed by atoms with E-state index in [0.717, 1.165) is 0 Å². The number of rotatable bonds is 2. The SMILES string of the molecule is Cc1ccccc1-c1cccc([C@H](C)N)c1.Cl. The fourth-order valence-corrected chi connectivity index (χ4v) is 1.89. The van der Waals surface area contributed by atoms with Gasteiger partial charge in [-0.15, -0.1) is 12.4 Å². The summed E-state index contributed by atoms with van der Waals surface area (Å²) in [5.74, 6) is 0. The summed E-state index contributed by atoms with van der Waals surface area (Å²) in [4.78, 5) is 0. The zero-order valence-corrected chi connectivity index (χ0v) is 11.0. The third-order valence-electron chi connectivity index (χ3n) is 2.87. The monoisotopic (exact) mass is 247 g/mol. The number of aryl methyl sites for hydroxylation is 1. The lowest BCUT2D eigenvalue weighted by molar-refractivity contribution is 0.818. The van der Waals surface area contributed by atoms with E-state index in [2.05, 4.69) is 55.5 Å². The van der Waals surface area contributed by atoms with Crippen molar-refractivity contribution >= 4 is 12.4 Å². The normalized spacial score (nSPS) is 11.7. The largest absolute Gasteiger partial charge is 0.324 e. The van der Waals surface area contributed by atoms with Crippen molar-refractivity contribution in [3.05, 3.63) is 59.7 Å². The van der Waals surface area contributed by atoms with Gasteiger partial charge < -0.3 is 5.73 Å². The molecule has 17 heavy (non-hydrogen) atoms. The lowest BCUT2D eigenvalue weighted by atomic mass is 9.97. The molecule has 0 radical (unpaired) electrons. The Labute approximate surface area is 109 Å². The molecule has 0 aliphatic heterocycles. The standard InChI is InChI=1S/C15H17N.ClH/c1-11-6-3-4-9-15(11)14-8-5-7-13(10-14)12(2)16;/h3-10,12H,16H2,1-2H3;1H/t12-;/m0./s1. The minimum atomic E-state index is 0. The summed E-state index contributed by atoms with van der Waals surface area (Å²) in [7, 11) is 0. The van der Waals surface area contributed by atoms with Crippen LogP contribution in [0.4, 0.5) is 0 Å². The van der Waals surface area contributed by atoms with Crippen LogP contribution in [0.5, 0.6) is 0 Å². The fourth-order valence-electron chi connectivity index (χ4n) is 1.89. The number of hydrogen-bond donors (Lipinski definition) is 1. The topological polar surface area (TPSA) is 26.0 Å². The van der Waals surface area contributed by atoms with E-state index >= 15 is 0 Å². The van der Waals surface area contributed by atoms with Crippen LogP contribution in [-0.2, 0) is 0 Å². The van der Waals surface area contributed by atoms with E-state index in [1.165, 1.54) is 22.3 Å². The molecule has 0 amide bonds. The molecular weight excluding hydrogens is 230 g/mol. The van der Waals surface area contributed by atoms with E-state index in [4.69, 9.17) is 5.73 Å². The van der Waals surface area contributed by atoms with Crippen LogP contribution >= 0.6 is 12.4 Å². The molecule has 0 fully saturated rings. The van der Waals surface area contributed by atoms with Crippen molar-refractivity contribution in [2.24, 2.45) is 5.73 Å². The zero-order chi connectivity index (χ0) is 11.5. The van der Waals surface area contributed by atoms with Gasteiger partial charge in [0.1, 0.15) is 0 Å². The van der Waals surface area contributed by atoms with E-state index in [9.17, 15) is 0 Å². The summed E-state index contributed by atoms with van der Waals surface area (Å²) < 4.78 is 0. The lowest BCUT2D eigenvalue weighted by Gasteiger charge is -2.10. The Bertz CT molecular complexity index is 492. The van der Waals surface area contributed by atoms with Gasteiger partial charge in [0.15, 0.2) is 0 Å². The molecular formula is C15H18ClN. The van der Waals surface area contributed by atoms with Crippen LogP contribution in [0.25, 0.3) is 11.1 Å². The van der Waals surface area contributed by atoms with Crippen LogP contribution in [-0.4, -0.2) is 0 Å². The Morgan fingerprint density at radius 3 is 2.35 bits per heavy atom. The van der Waals surface area contributed by atoms with Crippen molar-refractivity contribution in [2.45, 2.75) is 19.9 Å². The number of benzene rings is 2. The Kier molecular flexibility index (Phi) is 4.73. The maximum absolute atomic E-state index is 5.90. The second-order valence-corrected chi connectivity index (χ2v) is 4.23. The molecule has 1 nitrogen and oxygen atoms in total. The quantitative estimate of drug-likeness (QED) is 0.850. The highest BCUT2D eigenvalue weighted by atomic mass is 35.5. The van der Waals surface area contributed by atoms with Gasteiger partial charge in [0.05, 0.1) is 0 Å². The third-order valence-corrected chi connectivity index (χ3v) is 2.87. The predicted octanol–water partition coefficient (Wildman–Crippen LogP) is 4.10. The molecule has 0 aromatic heterocycles. The maximum Gasteiger partial charge on any atom is 0.0266 e. The Balaban J connectivity index is 0.00000144. The molecule has 2 rings (SSSR count). The van der Waals surface area contributed by atoms with Crippen LogP contribution in [0.15, 0.2) is 48.5 Å². The van der Waals surface area contributed by atoms with Crippen molar-refractivity contribution in [1.82, 2.24) is 0 Å². The first kappa shape index (κ1) is 13.8. The Morgan fingerprint density at radius 1 is 1.00 bits per heavy atom. The van der Waals surface area contributed by atoms with Gasteiger partial charge in [-0.2, -0.15) is 0 Å². The molecule has 1 atom stereocenters. The van der Waals surface area contributed by atoms with E-state index in [1.807, 2.05) is 6.92 Å². The number of nitrogens with two attached hydrogens (primary N) is 1. The minimum absolute atomic E-state index is 0. The Hall–Kier alpha value is -1.31. The first-order valence-electron chi connectivity index (χ1n) is 5.60. The van der Waals surface area contributed by atoms with E-state index < -0.39 is 0 Å². The second kappa shape index (κ2) is 5.85. The third kappa shape index (κ3) is 3.09. The van der Waals surface area contributed by atoms with Crippen molar-refractivity contribution in [3.63, 3.8) is 0 Å². The highest BCUT2D eigenvalue weighted by Gasteiger charge is 2.03. The molecule has 0 aliphatic carbocycles. The predicted molar refractivity (Wildman–Crippen MR) is 76.5 cm³/mol. The van der Waals surface area contributed by atoms with E-state index in [0.29, 0.717) is 0 Å². The van der Waals surface area contributed by atoms with Crippen LogP contribution < -0.4 is 5.73 Å². The van der Waals surface area contributed by atoms with Crippen LogP contribution in [0.2, 0.25) is 0 Å². The molecule has 0 unspecified atom stereocenters. The van der Waals surface area contributed by atoms with Gasteiger partial charge in [0, 0.05) is 6.04 Å². The summed E-state index contributed by atoms with van der Waals surface area (Å²) in [6.45, 7) is 4.14. The maximum atomic E-state index is 5.90. The first-order chi connectivity index (χ1) is 7.68. The first-order valence-corrected chi connectivity index (χ1v) is 5.60. The summed E-state index contributed by atoms with van der Waals surface area (Å²) >= 11 is 0. The highest BCUT2D eigenvalue weighted by molar-refractivity contribution is 5.85. The summed E-state index contributed by atoms with van der Waals surface area (Å²) in [6, 6.07) is 17.0. The number of hydrogen-bond acceptors (Lipinski definition) is 1. The molecule has 90 valence electrons. The number of halogens is 1. The van der Waals surface area contributed by atoms with Gasteiger partial charge >= 0.3 is 0 Å². The van der Waals surface area contributed by atoms with Crippen molar-refractivity contribution in [2.75, 3.05) is 0 Å². The Morgan fingerprint density at radius 2 is 1.71 bits per heavy atom. The molecule has 0 saturated heterocycles. The summed E-state index contributed by atoms with van der Waals surface area (Å²) in [5, 5.41) is 0. The molecule has 0 saturated carbocycles. The molecule has 2 aromatic carbocycles. The van der Waals surface area contributed by atoms with Crippen molar-refractivity contribution in [3.8, 4) is 11.1 Å². The van der Waals surface area contributed by atoms with Crippen molar-refractivity contribution in [1.29, 1.82) is 0 Å². The molecule has 2 N–H and O–H groups in total. The van der Waals surface area contributed by atoms with Gasteiger partial charge in [0.2, 0.25) is 0 Å². The minimum Gasteiger partial charge on any atom is -0.324 e. The average Bonchev–Trinajstić information content (AvgIpc) is 2.30. The van der Waals surface area contributed by atoms with Gasteiger partial charge in [-0.25, -0.2) is 0 Å². The molecule has 0 heterocycles. The molecule has 0 spiro atoms. The summed E-state index contributed by atoms with van der Waals surface area (Å²) in [6.07, 6.45) is 0. The van der Waals surface area contributed by atoms with Gasteiger partial charge in [-0.3, -0.25) is 0 Å². The van der Waals surface area contributed by atoms with Crippen LogP contribution in [0.3, 0.4) is 0 Å². The van der Waals surface area contributed by atoms with Crippen LogP contribution in [0, 0.1) is 6.92 Å². The van der Waals surface area contributed by atoms with E-state index in [1.54, 1.807) is 0 Å². The molecule has 2 aromatic rings. The van der Waals surface area contributed by atoms with Crippen molar-refractivity contribution < 1.29 is 0 Å². The summed E-state index contributed by atoms with van der Waals surface area (Å²) in [5.41, 5.74) is 10.9. The molecule has 0 aliphatic rings. The molecule has 2 heteroatoms. The van der Waals surface area contributed by atoms with Crippen LogP contribution in [0.1, 0.15) is 24.1 Å². The van der Waals surface area contributed by atoms with Gasteiger partial charge in [-0.1, -0.05) is 42.5 Å². The second-order valence-electron chi connectivity index (χ2n) is 4.23. The smallest absolute Gasteiger partial charge is 0.0266 e. The fraction of sp³-hybridized carbons (Fsp3) is 0.200. The van der Waals surface area contributed by atoms with Gasteiger partial charge in [-0.05, 0) is 42.2 Å². The molecule has 0 bridgehead atoms. The lowest BCUT2D eigenvalue weighted by Crippen LogP contribution is -2.04. The highest BCUT2D eigenvalue weighted by Crippen LogP contribution is 2.25. The average molecular weight is 248 g/mol. The van der Waals surface area contributed by atoms with E-state index in [-0.39, 0.29) is 18.4 Å². The van der Waals surface area contributed by atoms with Gasteiger partial charge in [0.25, 0.3) is 0 Å². The zero-order valence-electron chi connectivity index (χ0n) is 10.2.